The van der Waals surface area contributed by atoms with Crippen molar-refractivity contribution in [3.63, 3.8) is 0 Å². The zero-order valence-electron chi connectivity index (χ0n) is 35.3. The van der Waals surface area contributed by atoms with Crippen molar-refractivity contribution < 1.29 is 32.7 Å². The van der Waals surface area contributed by atoms with E-state index < -0.39 is 22.2 Å². The third-order valence-corrected chi connectivity index (χ3v) is 13.3. The van der Waals surface area contributed by atoms with Crippen LogP contribution in [-0.4, -0.2) is 140 Å². The topological polar surface area (TPSA) is 172 Å². The fourth-order valence-electron chi connectivity index (χ4n) is 8.92. The van der Waals surface area contributed by atoms with Crippen molar-refractivity contribution in [3.05, 3.63) is 127 Å². The van der Waals surface area contributed by atoms with Gasteiger partial charge < -0.3 is 24.4 Å². The van der Waals surface area contributed by atoms with Crippen LogP contribution in [-0.2, 0) is 50.8 Å². The number of amides is 5. The summed E-state index contributed by atoms with van der Waals surface area (Å²) in [5, 5.41) is 17.2. The minimum Gasteiger partial charge on any atom is -0.508 e. The molecule has 5 amide bonds. The van der Waals surface area contributed by atoms with Gasteiger partial charge in [-0.1, -0.05) is 66.7 Å². The molecule has 0 unspecified atom stereocenters. The first-order valence-corrected chi connectivity index (χ1v) is 22.8. The van der Waals surface area contributed by atoms with Crippen LogP contribution in [0.1, 0.15) is 23.1 Å². The highest BCUT2D eigenvalue weighted by molar-refractivity contribution is 7.88. The van der Waals surface area contributed by atoms with Crippen LogP contribution in [0, 0.1) is 0 Å². The molecular weight excluding hydrogens is 823 g/mol. The maximum absolute atomic E-state index is 14.8. The summed E-state index contributed by atoms with van der Waals surface area (Å²) in [4.78, 5) is 65.7. The van der Waals surface area contributed by atoms with E-state index in [1.54, 1.807) is 67.3 Å². The number of phenolic OH excluding ortho intramolecular Hbond substituents is 1. The summed E-state index contributed by atoms with van der Waals surface area (Å²) in [6.07, 6.45) is 6.63. The number of carbonyl (C=O) groups is 4. The number of hydrazine groups is 1. The first-order valence-electron chi connectivity index (χ1n) is 20.9. The number of pyridine rings is 1. The van der Waals surface area contributed by atoms with Gasteiger partial charge in [0.15, 0.2) is 0 Å². The molecule has 0 bridgehead atoms. The minimum absolute atomic E-state index is 0.0829. The van der Waals surface area contributed by atoms with Crippen molar-refractivity contribution in [1.82, 2.24) is 38.6 Å². The number of carbonyl (C=O) groups excluding carboxylic acids is 4. The van der Waals surface area contributed by atoms with Crippen molar-refractivity contribution in [2.24, 2.45) is 7.05 Å². The number of nitrogens with one attached hydrogen (secondary N) is 1. The summed E-state index contributed by atoms with van der Waals surface area (Å²) >= 11 is 0. The summed E-state index contributed by atoms with van der Waals surface area (Å²) in [5.41, 5.74) is 5.24. The highest BCUT2D eigenvalue weighted by Gasteiger charge is 2.51. The molecule has 16 nitrogen and oxygen atoms in total. The van der Waals surface area contributed by atoms with Gasteiger partial charge in [0.05, 0.1) is 24.9 Å². The normalized spacial score (nSPS) is 18.8. The number of rotatable bonds is 12. The van der Waals surface area contributed by atoms with Gasteiger partial charge in [0.1, 0.15) is 23.8 Å². The van der Waals surface area contributed by atoms with Gasteiger partial charge >= 0.3 is 6.03 Å². The number of anilines is 1. The summed E-state index contributed by atoms with van der Waals surface area (Å²) < 4.78 is 27.2. The lowest BCUT2D eigenvalue weighted by molar-refractivity contribution is -0.205. The second-order valence-electron chi connectivity index (χ2n) is 16.2. The van der Waals surface area contributed by atoms with Crippen molar-refractivity contribution in [2.75, 3.05) is 57.4 Å². The van der Waals surface area contributed by atoms with E-state index >= 15 is 0 Å². The molecule has 0 radical (unpaired) electrons. The number of hydrogen-bond acceptors (Lipinski definition) is 9. The molecule has 0 aliphatic carbocycles. The Morgan fingerprint density at radius 3 is 2.37 bits per heavy atom. The van der Waals surface area contributed by atoms with Gasteiger partial charge in [-0.2, -0.15) is 4.31 Å². The third kappa shape index (κ3) is 9.16. The van der Waals surface area contributed by atoms with Crippen LogP contribution < -0.4 is 5.32 Å². The summed E-state index contributed by atoms with van der Waals surface area (Å²) in [6, 6.07) is 24.6. The lowest BCUT2D eigenvalue weighted by atomic mass is 9.97. The molecular formula is C46H51N9O7S. The van der Waals surface area contributed by atoms with Crippen LogP contribution in [0.4, 0.5) is 10.6 Å². The molecule has 0 saturated carbocycles. The quantitative estimate of drug-likeness (QED) is 0.176. The number of phenols is 1. The Morgan fingerprint density at radius 2 is 1.68 bits per heavy atom. The Kier molecular flexibility index (Phi) is 12.3. The van der Waals surface area contributed by atoms with Gasteiger partial charge in [-0.15, -0.1) is 6.58 Å². The number of urea groups is 1. The number of aryl methyl sites for hydroxylation is 2. The summed E-state index contributed by atoms with van der Waals surface area (Å²) in [6.45, 7) is 5.37. The maximum atomic E-state index is 14.8. The standard InChI is InChI=1S/C46H51N9O7S/c1-4-21-52-31-43(58)54-39(26-33-13-17-36(56)18-14-33)45(59)51(30-41(54)55(52)42(57)20-15-32-9-6-5-7-10-32)28-35-11-8-12-37-38(29-49(2)44(35)37)34-16-19-40(47-27-34)48-46(60)50-22-24-53(25-23-50)63(3,61)62/h4-14,16-19,27,29,39,41,56H,1,15,20-26,28,30-31H2,2-3H3,(H,47,48,60)/t39-,41-/m0/s1. The zero-order valence-corrected chi connectivity index (χ0v) is 36.2. The van der Waals surface area contributed by atoms with Crippen LogP contribution >= 0.6 is 0 Å². The minimum atomic E-state index is -3.32. The number of para-hydroxylation sites is 1. The van der Waals surface area contributed by atoms with Crippen LogP contribution in [0.5, 0.6) is 5.75 Å². The molecule has 2 atom stereocenters. The molecule has 2 N–H and O–H groups in total. The largest absolute Gasteiger partial charge is 0.508 e. The van der Waals surface area contributed by atoms with E-state index in [1.165, 1.54) is 4.31 Å². The molecule has 3 aliphatic rings. The molecule has 328 valence electrons. The van der Waals surface area contributed by atoms with Crippen molar-refractivity contribution in [3.8, 4) is 16.9 Å². The summed E-state index contributed by atoms with van der Waals surface area (Å²) in [5.74, 6) is -0.222. The number of aromatic nitrogens is 2. The smallest absolute Gasteiger partial charge is 0.323 e. The zero-order chi connectivity index (χ0) is 44.4. The monoisotopic (exact) mass is 873 g/mol. The van der Waals surface area contributed by atoms with E-state index in [0.29, 0.717) is 12.2 Å². The van der Waals surface area contributed by atoms with Gasteiger partial charge in [-0.05, 0) is 47.4 Å². The SMILES string of the molecule is C=CCN1CC(=O)N2[C@@H](Cc3ccc(O)cc3)C(=O)N(Cc3cccc4c(-c5ccc(NC(=O)N6CCN(S(C)(=O)=O)CC6)nc5)cn(C)c34)C[C@@H]2N1C(=O)CCc1ccccc1. The van der Waals surface area contributed by atoms with Gasteiger partial charge in [0.25, 0.3) is 0 Å². The van der Waals surface area contributed by atoms with E-state index in [0.717, 1.165) is 45.0 Å². The molecule has 2 aromatic heterocycles. The molecule has 17 heteroatoms. The van der Waals surface area contributed by atoms with Crippen molar-refractivity contribution in [2.45, 2.75) is 38.0 Å². The van der Waals surface area contributed by atoms with Gasteiger partial charge in [-0.3, -0.25) is 19.7 Å². The number of piperazine rings is 2. The number of aromatic hydroxyl groups is 1. The van der Waals surface area contributed by atoms with Crippen LogP contribution in [0.3, 0.4) is 0 Å². The first-order chi connectivity index (χ1) is 30.3. The molecule has 8 rings (SSSR count). The lowest BCUT2D eigenvalue weighted by Crippen LogP contribution is -2.75. The molecule has 5 heterocycles. The Bertz CT molecular complexity index is 2630. The third-order valence-electron chi connectivity index (χ3n) is 12.0. The predicted octanol–water partition coefficient (Wildman–Crippen LogP) is 4.04. The Labute approximate surface area is 366 Å². The average Bonchev–Trinajstić information content (AvgIpc) is 3.62. The van der Waals surface area contributed by atoms with E-state index in [2.05, 4.69) is 16.9 Å². The fourth-order valence-corrected chi connectivity index (χ4v) is 9.75. The Hall–Kier alpha value is -6.56. The van der Waals surface area contributed by atoms with E-state index in [4.69, 9.17) is 0 Å². The summed E-state index contributed by atoms with van der Waals surface area (Å²) in [7, 11) is -1.38. The van der Waals surface area contributed by atoms with E-state index in [1.807, 2.05) is 72.4 Å². The van der Waals surface area contributed by atoms with Gasteiger partial charge in [0, 0.05) is 88.1 Å². The number of hydrogen-bond donors (Lipinski definition) is 2. The van der Waals surface area contributed by atoms with Crippen LogP contribution in [0.2, 0.25) is 0 Å². The number of benzene rings is 3. The molecule has 3 saturated heterocycles. The average molecular weight is 874 g/mol. The number of sulfonamides is 1. The molecule has 5 aromatic rings. The first kappa shape index (κ1) is 43.1. The predicted molar refractivity (Wildman–Crippen MR) is 238 cm³/mol. The second kappa shape index (κ2) is 18.0. The number of fused-ring (bicyclic) bond motifs is 2. The van der Waals surface area contributed by atoms with E-state index in [-0.39, 0.29) is 94.7 Å². The Morgan fingerprint density at radius 1 is 0.937 bits per heavy atom. The highest BCUT2D eigenvalue weighted by atomic mass is 32.2. The molecule has 3 aromatic carbocycles. The fraction of sp³-hybridized carbons (Fsp3) is 0.326. The second-order valence-corrected chi connectivity index (χ2v) is 18.2. The van der Waals surface area contributed by atoms with Gasteiger partial charge in [-0.25, -0.2) is 28.2 Å². The molecule has 63 heavy (non-hydrogen) atoms. The molecule has 3 aliphatic heterocycles. The highest BCUT2D eigenvalue weighted by Crippen LogP contribution is 2.35. The number of nitrogens with zero attached hydrogens (tertiary/aromatic N) is 8. The lowest BCUT2D eigenvalue weighted by Gasteiger charge is -2.55. The molecule has 0 spiro atoms. The molecule has 3 fully saturated rings. The van der Waals surface area contributed by atoms with Crippen LogP contribution in [0.25, 0.3) is 22.0 Å². The van der Waals surface area contributed by atoms with Crippen LogP contribution in [0.15, 0.2) is 110 Å². The van der Waals surface area contributed by atoms with Gasteiger partial charge in [0.2, 0.25) is 27.7 Å². The van der Waals surface area contributed by atoms with Crippen molar-refractivity contribution in [1.29, 1.82) is 0 Å². The van der Waals surface area contributed by atoms with Crippen molar-refractivity contribution >= 4 is 50.5 Å². The van der Waals surface area contributed by atoms with E-state index in [9.17, 15) is 32.7 Å². The Balaban J connectivity index is 1.06. The maximum Gasteiger partial charge on any atom is 0.323 e.